The first-order valence-electron chi connectivity index (χ1n) is 8.28. The molecule has 2 aromatic rings. The average Bonchev–Trinajstić information content (AvgIpc) is 3.33. The normalized spacial score (nSPS) is 21.7. The van der Waals surface area contributed by atoms with Gasteiger partial charge in [-0.05, 0) is 0 Å². The second kappa shape index (κ2) is 6.76. The van der Waals surface area contributed by atoms with Crippen molar-refractivity contribution in [2.24, 2.45) is 11.8 Å². The Bertz CT molecular complexity index is 663. The van der Waals surface area contributed by atoms with Gasteiger partial charge in [-0.1, -0.05) is 0 Å². The average molecular weight is 387 g/mol. The number of carbonyl (C=O) groups is 1. The van der Waals surface area contributed by atoms with Crippen molar-refractivity contribution in [3.05, 3.63) is 66.2 Å². The number of hydrogen-bond donors (Lipinski definition) is 0. The van der Waals surface area contributed by atoms with Crippen LogP contribution in [0.1, 0.15) is 16.8 Å². The second-order valence-corrected chi connectivity index (χ2v) is 16.3. The van der Waals surface area contributed by atoms with Gasteiger partial charge in [-0.25, -0.2) is 0 Å². The molecule has 1 nitrogen and oxygen atoms in total. The van der Waals surface area contributed by atoms with Gasteiger partial charge in [-0.3, -0.25) is 0 Å². The Labute approximate surface area is 146 Å². The summed E-state index contributed by atoms with van der Waals surface area (Å²) in [5.41, 5.74) is 0.890. The topological polar surface area (TPSA) is 17.1 Å². The third-order valence-electron chi connectivity index (χ3n) is 4.48. The van der Waals surface area contributed by atoms with Crippen LogP contribution in [0.3, 0.4) is 0 Å². The molecule has 0 spiro atoms. The standard InChI is InChI=1S/C20H24OSeSi/c1-23(2,3)20(22-16-12-8-5-9-13-16)18-14-17(18)19(21)15-10-6-4-7-11-15/h4-13,17-18,20H,14H2,1-3H3/t17-,18-,20-/m1/s1. The van der Waals surface area contributed by atoms with Crippen LogP contribution in [0.15, 0.2) is 60.7 Å². The van der Waals surface area contributed by atoms with Gasteiger partial charge in [0.05, 0.1) is 0 Å². The summed E-state index contributed by atoms with van der Waals surface area (Å²) >= 11 is 0.474. The van der Waals surface area contributed by atoms with Gasteiger partial charge in [-0.15, -0.1) is 0 Å². The molecule has 1 aliphatic rings. The Kier molecular flexibility index (Phi) is 4.91. The molecule has 23 heavy (non-hydrogen) atoms. The van der Waals surface area contributed by atoms with Gasteiger partial charge in [0.15, 0.2) is 0 Å². The molecule has 0 saturated heterocycles. The van der Waals surface area contributed by atoms with Crippen LogP contribution in [0.4, 0.5) is 0 Å². The Morgan fingerprint density at radius 3 is 2.13 bits per heavy atom. The zero-order chi connectivity index (χ0) is 16.4. The van der Waals surface area contributed by atoms with Gasteiger partial charge in [-0.2, -0.15) is 0 Å². The summed E-state index contributed by atoms with van der Waals surface area (Å²) < 4.78 is 2.22. The molecule has 3 rings (SSSR count). The van der Waals surface area contributed by atoms with Crippen molar-refractivity contribution >= 4 is 33.3 Å². The predicted octanol–water partition coefficient (Wildman–Crippen LogP) is 4.20. The zero-order valence-corrected chi connectivity index (χ0v) is 16.7. The van der Waals surface area contributed by atoms with Gasteiger partial charge in [0, 0.05) is 0 Å². The fourth-order valence-electron chi connectivity index (χ4n) is 3.22. The third-order valence-corrected chi connectivity index (χ3v) is 14.1. The number of carbonyl (C=O) groups excluding carboxylic acids is 1. The predicted molar refractivity (Wildman–Crippen MR) is 101 cm³/mol. The Morgan fingerprint density at radius 2 is 1.57 bits per heavy atom. The molecule has 120 valence electrons. The van der Waals surface area contributed by atoms with Gasteiger partial charge >= 0.3 is 147 Å². The minimum absolute atomic E-state index is 0.264. The van der Waals surface area contributed by atoms with Crippen molar-refractivity contribution in [1.29, 1.82) is 0 Å². The van der Waals surface area contributed by atoms with E-state index in [2.05, 4.69) is 50.0 Å². The minimum atomic E-state index is -1.28. The summed E-state index contributed by atoms with van der Waals surface area (Å²) in [5.74, 6) is 1.23. The van der Waals surface area contributed by atoms with E-state index < -0.39 is 8.07 Å². The van der Waals surface area contributed by atoms with Crippen molar-refractivity contribution < 1.29 is 4.79 Å². The molecule has 0 amide bonds. The monoisotopic (exact) mass is 388 g/mol. The Morgan fingerprint density at radius 1 is 1.00 bits per heavy atom. The van der Waals surface area contributed by atoms with Crippen LogP contribution < -0.4 is 4.46 Å². The first-order valence-corrected chi connectivity index (χ1v) is 13.7. The Hall–Kier alpha value is -1.15. The van der Waals surface area contributed by atoms with Gasteiger partial charge in [0.25, 0.3) is 0 Å². The molecule has 1 aliphatic carbocycles. The van der Waals surface area contributed by atoms with Crippen molar-refractivity contribution in [2.45, 2.75) is 30.5 Å². The Balaban J connectivity index is 1.74. The van der Waals surface area contributed by atoms with E-state index in [4.69, 9.17) is 0 Å². The van der Waals surface area contributed by atoms with E-state index in [0.717, 1.165) is 16.4 Å². The molecular formula is C20H24OSeSi. The maximum atomic E-state index is 12.7. The van der Waals surface area contributed by atoms with Crippen LogP contribution in [0, 0.1) is 11.8 Å². The summed E-state index contributed by atoms with van der Waals surface area (Å²) in [6.07, 6.45) is 1.09. The van der Waals surface area contributed by atoms with Gasteiger partial charge < -0.3 is 0 Å². The van der Waals surface area contributed by atoms with Crippen molar-refractivity contribution in [2.75, 3.05) is 0 Å². The maximum absolute atomic E-state index is 12.7. The van der Waals surface area contributed by atoms with E-state index in [1.165, 1.54) is 4.46 Å². The van der Waals surface area contributed by atoms with Gasteiger partial charge in [0.1, 0.15) is 0 Å². The number of Topliss-reactive ketones (excluding diaryl/α,β-unsaturated/α-hetero) is 1. The van der Waals surface area contributed by atoms with E-state index in [1.807, 2.05) is 30.3 Å². The van der Waals surface area contributed by atoms with Crippen molar-refractivity contribution in [1.82, 2.24) is 0 Å². The van der Waals surface area contributed by atoms with E-state index in [0.29, 0.717) is 26.7 Å². The molecule has 1 saturated carbocycles. The van der Waals surface area contributed by atoms with Crippen LogP contribution in [0.25, 0.3) is 0 Å². The van der Waals surface area contributed by atoms with Crippen molar-refractivity contribution in [3.63, 3.8) is 0 Å². The van der Waals surface area contributed by atoms with E-state index >= 15 is 0 Å². The molecule has 2 aromatic carbocycles. The summed E-state index contributed by atoms with van der Waals surface area (Å²) in [7, 11) is -1.28. The molecule has 3 heteroatoms. The third kappa shape index (κ3) is 4.03. The SMILES string of the molecule is C[Si](C)(C)[C@@H]([Se]c1ccccc1)[C@@H]1C[C@H]1C(=O)c1ccccc1. The number of benzene rings is 2. The quantitative estimate of drug-likeness (QED) is 0.536. The molecule has 0 aliphatic heterocycles. The summed E-state index contributed by atoms with van der Waals surface area (Å²) in [6, 6.07) is 20.7. The molecule has 1 fully saturated rings. The summed E-state index contributed by atoms with van der Waals surface area (Å²) in [4.78, 5) is 12.7. The molecule has 0 aromatic heterocycles. The van der Waals surface area contributed by atoms with Crippen LogP contribution >= 0.6 is 0 Å². The molecule has 0 N–H and O–H groups in total. The van der Waals surface area contributed by atoms with Gasteiger partial charge in [0.2, 0.25) is 0 Å². The fourth-order valence-corrected chi connectivity index (χ4v) is 10.4. The van der Waals surface area contributed by atoms with Crippen LogP contribution in [0.5, 0.6) is 0 Å². The van der Waals surface area contributed by atoms with E-state index in [-0.39, 0.29) is 5.92 Å². The van der Waals surface area contributed by atoms with E-state index in [1.54, 1.807) is 0 Å². The molecule has 3 atom stereocenters. The second-order valence-electron chi connectivity index (χ2n) is 7.45. The van der Waals surface area contributed by atoms with E-state index in [9.17, 15) is 4.79 Å². The summed E-state index contributed by atoms with van der Waals surface area (Å²) in [5, 5.41) is 0. The molecule has 0 unspecified atom stereocenters. The molecule has 0 radical (unpaired) electrons. The molecule has 0 bridgehead atoms. The summed E-state index contributed by atoms with van der Waals surface area (Å²) in [6.45, 7) is 7.39. The van der Waals surface area contributed by atoms with Crippen LogP contribution in [0.2, 0.25) is 24.1 Å². The first-order chi connectivity index (χ1) is 11.0. The number of rotatable bonds is 6. The van der Waals surface area contributed by atoms with Crippen LogP contribution in [-0.2, 0) is 0 Å². The molecular weight excluding hydrogens is 363 g/mol. The van der Waals surface area contributed by atoms with Crippen LogP contribution in [-0.4, -0.2) is 28.8 Å². The van der Waals surface area contributed by atoms with Crippen molar-refractivity contribution in [3.8, 4) is 0 Å². The zero-order valence-electron chi connectivity index (χ0n) is 14.0. The fraction of sp³-hybridized carbons (Fsp3) is 0.350. The number of ketones is 1. The first kappa shape index (κ1) is 16.7. The molecule has 0 heterocycles. The number of hydrogen-bond acceptors (Lipinski definition) is 1.